The molecule has 3 atom stereocenters. The van der Waals surface area contributed by atoms with Gasteiger partial charge < -0.3 is 0 Å². The van der Waals surface area contributed by atoms with Crippen LogP contribution in [-0.4, -0.2) is 0 Å². The molecule has 15 heavy (non-hydrogen) atoms. The molecular formula is C15H24. The molecule has 0 N–H and O–H groups in total. The second kappa shape index (κ2) is 4.15. The molecule has 0 aromatic heterocycles. The summed E-state index contributed by atoms with van der Waals surface area (Å²) in [6, 6.07) is 0. The molecule has 0 bridgehead atoms. The van der Waals surface area contributed by atoms with Crippen molar-refractivity contribution in [2.24, 2.45) is 17.8 Å². The molecule has 0 heteroatoms. The van der Waals surface area contributed by atoms with E-state index in [9.17, 15) is 0 Å². The molecule has 2 aliphatic carbocycles. The average molecular weight is 204 g/mol. The number of rotatable bonds is 1. The minimum Gasteiger partial charge on any atom is -0.0998 e. The van der Waals surface area contributed by atoms with E-state index in [-0.39, 0.29) is 0 Å². The Hall–Kier alpha value is -0.520. The Kier molecular flexibility index (Phi) is 3.04. The van der Waals surface area contributed by atoms with Crippen molar-refractivity contribution >= 4 is 0 Å². The van der Waals surface area contributed by atoms with Crippen LogP contribution < -0.4 is 0 Å². The van der Waals surface area contributed by atoms with Crippen LogP contribution in [0.3, 0.4) is 0 Å². The van der Waals surface area contributed by atoms with Crippen LogP contribution in [0.1, 0.15) is 52.9 Å². The molecule has 0 aromatic rings. The van der Waals surface area contributed by atoms with E-state index in [4.69, 9.17) is 0 Å². The lowest BCUT2D eigenvalue weighted by atomic mass is 9.86. The summed E-state index contributed by atoms with van der Waals surface area (Å²) in [5, 5.41) is 0. The van der Waals surface area contributed by atoms with E-state index in [0.717, 1.165) is 17.8 Å². The maximum absolute atomic E-state index is 4.16. The summed E-state index contributed by atoms with van der Waals surface area (Å²) >= 11 is 0. The van der Waals surface area contributed by atoms with Crippen molar-refractivity contribution in [2.45, 2.75) is 52.9 Å². The van der Waals surface area contributed by atoms with Crippen molar-refractivity contribution in [1.82, 2.24) is 0 Å². The van der Waals surface area contributed by atoms with E-state index in [0.29, 0.717) is 0 Å². The fourth-order valence-corrected chi connectivity index (χ4v) is 3.43. The third kappa shape index (κ3) is 2.04. The van der Waals surface area contributed by atoms with E-state index in [1.54, 1.807) is 11.1 Å². The molecule has 2 aliphatic rings. The Morgan fingerprint density at radius 1 is 1.27 bits per heavy atom. The Morgan fingerprint density at radius 3 is 2.67 bits per heavy atom. The van der Waals surface area contributed by atoms with Gasteiger partial charge >= 0.3 is 0 Å². The number of hydrogen-bond donors (Lipinski definition) is 0. The third-order valence-electron chi connectivity index (χ3n) is 4.65. The van der Waals surface area contributed by atoms with Crippen LogP contribution in [0.2, 0.25) is 0 Å². The lowest BCUT2D eigenvalue weighted by Crippen LogP contribution is -2.08. The summed E-state index contributed by atoms with van der Waals surface area (Å²) in [5.74, 6) is 2.58. The molecule has 0 nitrogen and oxygen atoms in total. The van der Waals surface area contributed by atoms with Gasteiger partial charge in [0.05, 0.1) is 0 Å². The lowest BCUT2D eigenvalue weighted by Gasteiger charge is -2.19. The quantitative estimate of drug-likeness (QED) is 0.542. The summed E-state index contributed by atoms with van der Waals surface area (Å²) in [7, 11) is 0. The van der Waals surface area contributed by atoms with Gasteiger partial charge in [0.25, 0.3) is 0 Å². The smallest absolute Gasteiger partial charge is 0.0171 e. The van der Waals surface area contributed by atoms with Gasteiger partial charge in [-0.1, -0.05) is 30.2 Å². The van der Waals surface area contributed by atoms with Gasteiger partial charge in [-0.05, 0) is 63.7 Å². The fraction of sp³-hybridized carbons (Fsp3) is 0.733. The van der Waals surface area contributed by atoms with Crippen LogP contribution in [0.25, 0.3) is 0 Å². The fourth-order valence-electron chi connectivity index (χ4n) is 3.43. The second-order valence-corrected chi connectivity index (χ2v) is 5.75. The predicted molar refractivity (Wildman–Crippen MR) is 66.7 cm³/mol. The highest BCUT2D eigenvalue weighted by Crippen LogP contribution is 2.46. The monoisotopic (exact) mass is 204 g/mol. The van der Waals surface area contributed by atoms with E-state index in [1.807, 2.05) is 0 Å². The van der Waals surface area contributed by atoms with Crippen LogP contribution in [0.4, 0.5) is 0 Å². The van der Waals surface area contributed by atoms with Crippen molar-refractivity contribution < 1.29 is 0 Å². The Balaban J connectivity index is 2.23. The van der Waals surface area contributed by atoms with Crippen LogP contribution in [-0.2, 0) is 0 Å². The summed E-state index contributed by atoms with van der Waals surface area (Å²) < 4.78 is 0. The summed E-state index contributed by atoms with van der Waals surface area (Å²) in [6.45, 7) is 11.2. The maximum atomic E-state index is 4.16. The minimum atomic E-state index is 0.764. The van der Waals surface area contributed by atoms with Crippen molar-refractivity contribution in [3.63, 3.8) is 0 Å². The standard InChI is InChI=1S/C15H24/c1-10(2)13-7-5-11(3)14-8-6-12(4)15(14)9-13/h11,13-14H,1,5-9H2,2-4H3/t11-,13+,14+/m0/s1. The van der Waals surface area contributed by atoms with Gasteiger partial charge in [-0.3, -0.25) is 0 Å². The maximum Gasteiger partial charge on any atom is -0.0171 e. The van der Waals surface area contributed by atoms with E-state index in [2.05, 4.69) is 27.4 Å². The molecular weight excluding hydrogens is 180 g/mol. The van der Waals surface area contributed by atoms with Gasteiger partial charge in [0.2, 0.25) is 0 Å². The topological polar surface area (TPSA) is 0 Å². The van der Waals surface area contributed by atoms with Gasteiger partial charge in [0, 0.05) is 0 Å². The highest BCUT2D eigenvalue weighted by molar-refractivity contribution is 5.25. The molecule has 0 aromatic carbocycles. The highest BCUT2D eigenvalue weighted by atomic mass is 14.4. The number of allylic oxidation sites excluding steroid dienone is 3. The van der Waals surface area contributed by atoms with Crippen LogP contribution in [0.5, 0.6) is 0 Å². The zero-order chi connectivity index (χ0) is 11.0. The SMILES string of the molecule is C=C(C)[C@@H]1CC[C@H](C)[C@H]2CCC(C)=C2C1. The summed E-state index contributed by atoms with van der Waals surface area (Å²) in [5.41, 5.74) is 4.89. The molecule has 0 aliphatic heterocycles. The first-order valence-corrected chi connectivity index (χ1v) is 6.43. The predicted octanol–water partition coefficient (Wildman–Crippen LogP) is 4.73. The molecule has 0 heterocycles. The van der Waals surface area contributed by atoms with Gasteiger partial charge in [-0.2, -0.15) is 0 Å². The first kappa shape index (κ1) is 11.0. The zero-order valence-electron chi connectivity index (χ0n) is 10.5. The van der Waals surface area contributed by atoms with Crippen molar-refractivity contribution in [1.29, 1.82) is 0 Å². The third-order valence-corrected chi connectivity index (χ3v) is 4.65. The molecule has 2 rings (SSSR count). The zero-order valence-corrected chi connectivity index (χ0v) is 10.5. The molecule has 84 valence electrons. The largest absolute Gasteiger partial charge is 0.0998 e. The molecule has 0 unspecified atom stereocenters. The Bertz CT molecular complexity index is 295. The first-order chi connectivity index (χ1) is 7.09. The van der Waals surface area contributed by atoms with Crippen molar-refractivity contribution in [3.05, 3.63) is 23.3 Å². The van der Waals surface area contributed by atoms with Gasteiger partial charge in [-0.15, -0.1) is 0 Å². The molecule has 0 radical (unpaired) electrons. The second-order valence-electron chi connectivity index (χ2n) is 5.75. The van der Waals surface area contributed by atoms with E-state index in [1.165, 1.54) is 37.7 Å². The van der Waals surface area contributed by atoms with Crippen LogP contribution in [0.15, 0.2) is 23.3 Å². The highest BCUT2D eigenvalue weighted by Gasteiger charge is 2.32. The van der Waals surface area contributed by atoms with E-state index < -0.39 is 0 Å². The first-order valence-electron chi connectivity index (χ1n) is 6.43. The van der Waals surface area contributed by atoms with Gasteiger partial charge in [-0.25, -0.2) is 0 Å². The van der Waals surface area contributed by atoms with Crippen LogP contribution in [0, 0.1) is 17.8 Å². The van der Waals surface area contributed by atoms with Gasteiger partial charge in [0.1, 0.15) is 0 Å². The average Bonchev–Trinajstić information content (AvgIpc) is 2.43. The molecule has 0 amide bonds. The Morgan fingerprint density at radius 2 is 2.00 bits per heavy atom. The van der Waals surface area contributed by atoms with Crippen molar-refractivity contribution in [3.8, 4) is 0 Å². The van der Waals surface area contributed by atoms with Gasteiger partial charge in [0.15, 0.2) is 0 Å². The molecule has 1 fully saturated rings. The van der Waals surface area contributed by atoms with Crippen molar-refractivity contribution in [2.75, 3.05) is 0 Å². The molecule has 0 saturated heterocycles. The number of hydrogen-bond acceptors (Lipinski definition) is 0. The number of fused-ring (bicyclic) bond motifs is 1. The van der Waals surface area contributed by atoms with Crippen LogP contribution >= 0.6 is 0 Å². The summed E-state index contributed by atoms with van der Waals surface area (Å²) in [6.07, 6.45) is 6.86. The normalized spacial score (nSPS) is 36.3. The lowest BCUT2D eigenvalue weighted by molar-refractivity contribution is 0.385. The Labute approximate surface area is 94.5 Å². The van der Waals surface area contributed by atoms with E-state index >= 15 is 0 Å². The minimum absolute atomic E-state index is 0.764. The molecule has 0 spiro atoms. The molecule has 1 saturated carbocycles. The summed E-state index contributed by atoms with van der Waals surface area (Å²) in [4.78, 5) is 0.